The number of anilines is 2. The van der Waals surface area contributed by atoms with Crippen LogP contribution in [0.3, 0.4) is 0 Å². The number of benzene rings is 2. The summed E-state index contributed by atoms with van der Waals surface area (Å²) < 4.78 is 0. The normalized spacial score (nSPS) is 10.2. The summed E-state index contributed by atoms with van der Waals surface area (Å²) in [4.78, 5) is 0. The molecule has 2 aromatic rings. The second-order valence-corrected chi connectivity index (χ2v) is 5.44. The summed E-state index contributed by atoms with van der Waals surface area (Å²) >= 11 is 11.3. The fourth-order valence-electron chi connectivity index (χ4n) is 1.92. The molecule has 2 rings (SSSR count). The molecule has 0 aromatic heterocycles. The third kappa shape index (κ3) is 3.95. The molecule has 2 N–H and O–H groups in total. The van der Waals surface area contributed by atoms with Crippen molar-refractivity contribution in [1.29, 1.82) is 0 Å². The van der Waals surface area contributed by atoms with Crippen LogP contribution < -0.4 is 10.6 Å². The van der Waals surface area contributed by atoms with Crippen LogP contribution in [0.5, 0.6) is 0 Å². The van der Waals surface area contributed by atoms with Gasteiger partial charge in [-0.2, -0.15) is 0 Å². The first-order chi connectivity index (χ1) is 9.58. The molecule has 0 fully saturated rings. The Labute approximate surface area is 130 Å². The van der Waals surface area contributed by atoms with Crippen molar-refractivity contribution in [3.8, 4) is 0 Å². The number of hydrogen-bond acceptors (Lipinski definition) is 1. The summed E-state index contributed by atoms with van der Waals surface area (Å²) in [6.45, 7) is 4.13. The highest BCUT2D eigenvalue weighted by Gasteiger charge is 2.03. The van der Waals surface area contributed by atoms with Crippen molar-refractivity contribution in [3.63, 3.8) is 0 Å². The van der Waals surface area contributed by atoms with Gasteiger partial charge in [0.1, 0.15) is 0 Å². The second kappa shape index (κ2) is 6.73. The van der Waals surface area contributed by atoms with Gasteiger partial charge in [0.2, 0.25) is 0 Å². The van der Waals surface area contributed by atoms with Crippen molar-refractivity contribution in [3.05, 3.63) is 58.6 Å². The van der Waals surface area contributed by atoms with E-state index in [1.165, 1.54) is 5.56 Å². The van der Waals surface area contributed by atoms with E-state index in [4.69, 9.17) is 23.8 Å². The van der Waals surface area contributed by atoms with Crippen molar-refractivity contribution in [2.75, 3.05) is 10.6 Å². The smallest absolute Gasteiger partial charge is 0.175 e. The number of aryl methyl sites for hydroxylation is 2. The number of rotatable bonds is 3. The Hall–Kier alpha value is -1.58. The van der Waals surface area contributed by atoms with Gasteiger partial charge in [0.25, 0.3) is 0 Å². The van der Waals surface area contributed by atoms with Crippen LogP contribution in [0.15, 0.2) is 42.5 Å². The first-order valence-corrected chi connectivity index (χ1v) is 7.30. The second-order valence-electron chi connectivity index (χ2n) is 4.59. The molecule has 0 spiro atoms. The SMILES string of the molecule is CCc1cccc(NC(=S)Nc2ccc(Cl)cc2C)c1. The van der Waals surface area contributed by atoms with Crippen molar-refractivity contribution in [2.45, 2.75) is 20.3 Å². The molecule has 20 heavy (non-hydrogen) atoms. The largest absolute Gasteiger partial charge is 0.332 e. The molecule has 0 aliphatic carbocycles. The van der Waals surface area contributed by atoms with E-state index in [0.29, 0.717) is 5.11 Å². The molecule has 0 bridgehead atoms. The molecule has 0 heterocycles. The molecule has 0 radical (unpaired) electrons. The molecular formula is C16H17ClN2S. The van der Waals surface area contributed by atoms with Crippen LogP contribution in [-0.2, 0) is 6.42 Å². The number of nitrogens with one attached hydrogen (secondary N) is 2. The van der Waals surface area contributed by atoms with Crippen molar-refractivity contribution in [1.82, 2.24) is 0 Å². The summed E-state index contributed by atoms with van der Waals surface area (Å²) in [5.74, 6) is 0. The van der Waals surface area contributed by atoms with Gasteiger partial charge in [-0.05, 0) is 67.0 Å². The molecule has 104 valence electrons. The zero-order valence-electron chi connectivity index (χ0n) is 11.5. The summed E-state index contributed by atoms with van der Waals surface area (Å²) in [6.07, 6.45) is 1.01. The van der Waals surface area contributed by atoms with E-state index in [1.807, 2.05) is 37.3 Å². The molecule has 0 aliphatic heterocycles. The highest BCUT2D eigenvalue weighted by Crippen LogP contribution is 2.20. The fraction of sp³-hybridized carbons (Fsp3) is 0.188. The summed E-state index contributed by atoms with van der Waals surface area (Å²) in [6, 6.07) is 13.9. The number of hydrogen-bond donors (Lipinski definition) is 2. The van der Waals surface area contributed by atoms with Crippen LogP contribution in [0.1, 0.15) is 18.1 Å². The topological polar surface area (TPSA) is 24.1 Å². The Morgan fingerprint density at radius 2 is 1.95 bits per heavy atom. The van der Waals surface area contributed by atoms with Gasteiger partial charge in [-0.1, -0.05) is 30.7 Å². The molecular weight excluding hydrogens is 288 g/mol. The first kappa shape index (κ1) is 14.8. The quantitative estimate of drug-likeness (QED) is 0.779. The Morgan fingerprint density at radius 3 is 2.65 bits per heavy atom. The van der Waals surface area contributed by atoms with Crippen LogP contribution in [-0.4, -0.2) is 5.11 Å². The van der Waals surface area contributed by atoms with E-state index in [2.05, 4.69) is 29.7 Å². The zero-order chi connectivity index (χ0) is 14.5. The predicted molar refractivity (Wildman–Crippen MR) is 91.9 cm³/mol. The molecule has 2 nitrogen and oxygen atoms in total. The average Bonchev–Trinajstić information content (AvgIpc) is 2.42. The lowest BCUT2D eigenvalue weighted by Gasteiger charge is -2.13. The molecule has 0 aliphatic rings. The van der Waals surface area contributed by atoms with Crippen molar-refractivity contribution >= 4 is 40.3 Å². The van der Waals surface area contributed by atoms with Crippen molar-refractivity contribution < 1.29 is 0 Å². The third-order valence-corrected chi connectivity index (χ3v) is 3.47. The van der Waals surface area contributed by atoms with Gasteiger partial charge in [-0.15, -0.1) is 0 Å². The average molecular weight is 305 g/mol. The first-order valence-electron chi connectivity index (χ1n) is 6.51. The van der Waals surface area contributed by atoms with Gasteiger partial charge in [-0.25, -0.2) is 0 Å². The van der Waals surface area contributed by atoms with Gasteiger partial charge in [0.05, 0.1) is 0 Å². The number of thiocarbonyl (C=S) groups is 1. The molecule has 4 heteroatoms. The van der Waals surface area contributed by atoms with Gasteiger partial charge in [0.15, 0.2) is 5.11 Å². The standard InChI is InChI=1S/C16H17ClN2S/c1-3-12-5-4-6-14(10-12)18-16(20)19-15-8-7-13(17)9-11(15)2/h4-10H,3H2,1-2H3,(H2,18,19,20). The summed E-state index contributed by atoms with van der Waals surface area (Å²) in [7, 11) is 0. The van der Waals surface area contributed by atoms with Gasteiger partial charge in [0, 0.05) is 16.4 Å². The van der Waals surface area contributed by atoms with Crippen LogP contribution in [0.25, 0.3) is 0 Å². The lowest BCUT2D eigenvalue weighted by atomic mass is 10.1. The van der Waals surface area contributed by atoms with Crippen LogP contribution >= 0.6 is 23.8 Å². The minimum atomic E-state index is 0.573. The highest BCUT2D eigenvalue weighted by molar-refractivity contribution is 7.80. The number of halogens is 1. The maximum atomic E-state index is 5.94. The van der Waals surface area contributed by atoms with E-state index in [-0.39, 0.29) is 0 Å². The van der Waals surface area contributed by atoms with E-state index in [9.17, 15) is 0 Å². The van der Waals surface area contributed by atoms with Gasteiger partial charge < -0.3 is 10.6 Å². The fourth-order valence-corrected chi connectivity index (χ4v) is 2.38. The zero-order valence-corrected chi connectivity index (χ0v) is 13.1. The third-order valence-electron chi connectivity index (χ3n) is 3.03. The molecule has 0 unspecified atom stereocenters. The van der Waals surface area contributed by atoms with Gasteiger partial charge in [-0.3, -0.25) is 0 Å². The van der Waals surface area contributed by atoms with E-state index < -0.39 is 0 Å². The van der Waals surface area contributed by atoms with Crippen LogP contribution in [0, 0.1) is 6.92 Å². The van der Waals surface area contributed by atoms with Crippen molar-refractivity contribution in [2.24, 2.45) is 0 Å². The molecule has 2 aromatic carbocycles. The van der Waals surface area contributed by atoms with E-state index >= 15 is 0 Å². The summed E-state index contributed by atoms with van der Waals surface area (Å²) in [5.41, 5.74) is 4.29. The molecule has 0 atom stereocenters. The Balaban J connectivity index is 2.05. The van der Waals surface area contributed by atoms with E-state index in [1.54, 1.807) is 0 Å². The maximum Gasteiger partial charge on any atom is 0.175 e. The monoisotopic (exact) mass is 304 g/mol. The van der Waals surface area contributed by atoms with E-state index in [0.717, 1.165) is 28.4 Å². The van der Waals surface area contributed by atoms with Crippen LogP contribution in [0.2, 0.25) is 5.02 Å². The maximum absolute atomic E-state index is 5.94. The lowest BCUT2D eigenvalue weighted by molar-refractivity contribution is 1.14. The minimum Gasteiger partial charge on any atom is -0.332 e. The molecule has 0 saturated carbocycles. The Bertz CT molecular complexity index is 626. The predicted octanol–water partition coefficient (Wildman–Crippen LogP) is 5.02. The highest BCUT2D eigenvalue weighted by atomic mass is 35.5. The minimum absolute atomic E-state index is 0.573. The Kier molecular flexibility index (Phi) is 4.99. The summed E-state index contributed by atoms with van der Waals surface area (Å²) in [5, 5.41) is 7.68. The van der Waals surface area contributed by atoms with Gasteiger partial charge >= 0.3 is 0 Å². The molecule has 0 amide bonds. The molecule has 0 saturated heterocycles. The Morgan fingerprint density at radius 1 is 1.15 bits per heavy atom. The lowest BCUT2D eigenvalue weighted by Crippen LogP contribution is -2.19. The van der Waals surface area contributed by atoms with Crippen LogP contribution in [0.4, 0.5) is 11.4 Å².